The van der Waals surface area contributed by atoms with E-state index in [9.17, 15) is 9.59 Å². The monoisotopic (exact) mass is 297 g/mol. The van der Waals surface area contributed by atoms with Crippen LogP contribution < -0.4 is 0 Å². The Labute approximate surface area is 129 Å². The zero-order valence-electron chi connectivity index (χ0n) is 12.6. The van der Waals surface area contributed by atoms with Crippen LogP contribution in [0.15, 0.2) is 42.5 Å². The van der Waals surface area contributed by atoms with Gasteiger partial charge >= 0.3 is 5.97 Å². The van der Waals surface area contributed by atoms with Crippen molar-refractivity contribution in [3.63, 3.8) is 0 Å². The van der Waals surface area contributed by atoms with Crippen LogP contribution in [0.2, 0.25) is 0 Å². The maximum Gasteiger partial charge on any atom is 0.315 e. The van der Waals surface area contributed by atoms with Gasteiger partial charge in [-0.05, 0) is 25.0 Å². The molecule has 1 unspecified atom stereocenters. The van der Waals surface area contributed by atoms with Crippen molar-refractivity contribution in [2.24, 2.45) is 0 Å². The average molecular weight is 297 g/mol. The summed E-state index contributed by atoms with van der Waals surface area (Å²) in [7, 11) is 0. The molecule has 0 saturated carbocycles. The number of carbonyl (C=O) groups excluding carboxylic acids is 2. The number of benzene rings is 1. The lowest BCUT2D eigenvalue weighted by atomic mass is 10.1. The van der Waals surface area contributed by atoms with Crippen molar-refractivity contribution < 1.29 is 14.3 Å². The fourth-order valence-electron chi connectivity index (χ4n) is 2.92. The van der Waals surface area contributed by atoms with Crippen LogP contribution in [0.5, 0.6) is 0 Å². The van der Waals surface area contributed by atoms with E-state index in [1.165, 1.54) is 0 Å². The molecule has 114 valence electrons. The highest BCUT2D eigenvalue weighted by Gasteiger charge is 2.32. The van der Waals surface area contributed by atoms with Crippen LogP contribution in [-0.4, -0.2) is 22.9 Å². The molecule has 1 aliphatic rings. The third-order valence-electron chi connectivity index (χ3n) is 4.01. The molecular weight excluding hydrogens is 278 g/mol. The largest absolute Gasteiger partial charge is 0.465 e. The standard InChI is InChI=1S/C18H19NO3/c1-2-12-22-18(21)14-10-11-19-15(14)8-9-16(19)17(20)13-6-4-3-5-7-13/h3-9,14H,2,10-12H2,1H3. The van der Waals surface area contributed by atoms with E-state index in [4.69, 9.17) is 4.74 Å². The molecule has 1 aliphatic heterocycles. The highest BCUT2D eigenvalue weighted by Crippen LogP contribution is 2.32. The van der Waals surface area contributed by atoms with E-state index in [2.05, 4.69) is 0 Å². The van der Waals surface area contributed by atoms with Crippen molar-refractivity contribution >= 4 is 11.8 Å². The van der Waals surface area contributed by atoms with Crippen molar-refractivity contribution in [1.82, 2.24) is 4.57 Å². The van der Waals surface area contributed by atoms with E-state index in [-0.39, 0.29) is 17.7 Å². The summed E-state index contributed by atoms with van der Waals surface area (Å²) in [6, 6.07) is 12.9. The van der Waals surface area contributed by atoms with Crippen molar-refractivity contribution in [2.75, 3.05) is 6.61 Å². The summed E-state index contributed by atoms with van der Waals surface area (Å²) >= 11 is 0. The summed E-state index contributed by atoms with van der Waals surface area (Å²) in [6.45, 7) is 3.11. The number of hydrogen-bond donors (Lipinski definition) is 0. The summed E-state index contributed by atoms with van der Waals surface area (Å²) in [5, 5.41) is 0. The second-order valence-electron chi connectivity index (χ2n) is 5.50. The highest BCUT2D eigenvalue weighted by molar-refractivity contribution is 6.08. The van der Waals surface area contributed by atoms with Gasteiger partial charge in [-0.25, -0.2) is 0 Å². The number of aromatic nitrogens is 1. The molecule has 4 heteroatoms. The van der Waals surface area contributed by atoms with E-state index < -0.39 is 0 Å². The molecule has 1 aromatic heterocycles. The maximum atomic E-state index is 12.6. The van der Waals surface area contributed by atoms with Crippen LogP contribution in [0.1, 0.15) is 47.4 Å². The molecule has 0 N–H and O–H groups in total. The Bertz CT molecular complexity index is 688. The second kappa shape index (κ2) is 6.18. The molecule has 2 aromatic rings. The molecule has 22 heavy (non-hydrogen) atoms. The number of rotatable bonds is 5. The zero-order valence-corrected chi connectivity index (χ0v) is 12.6. The van der Waals surface area contributed by atoms with E-state index >= 15 is 0 Å². The normalized spacial score (nSPS) is 16.3. The Kier molecular flexibility index (Phi) is 4.09. The molecule has 0 radical (unpaired) electrons. The molecule has 0 spiro atoms. The van der Waals surface area contributed by atoms with Crippen molar-refractivity contribution in [3.8, 4) is 0 Å². The summed E-state index contributed by atoms with van der Waals surface area (Å²) in [5.41, 5.74) is 2.20. The third-order valence-corrected chi connectivity index (χ3v) is 4.01. The molecule has 3 rings (SSSR count). The van der Waals surface area contributed by atoms with Crippen LogP contribution >= 0.6 is 0 Å². The van der Waals surface area contributed by atoms with E-state index in [0.717, 1.165) is 12.1 Å². The van der Waals surface area contributed by atoms with Crippen LogP contribution in [0.25, 0.3) is 0 Å². The predicted molar refractivity (Wildman–Crippen MR) is 82.9 cm³/mol. The van der Waals surface area contributed by atoms with Crippen LogP contribution in [0.4, 0.5) is 0 Å². The number of carbonyl (C=O) groups is 2. The maximum absolute atomic E-state index is 12.6. The number of nitrogens with zero attached hydrogens (tertiary/aromatic N) is 1. The molecule has 1 aromatic carbocycles. The number of ether oxygens (including phenoxy) is 1. The van der Waals surface area contributed by atoms with Crippen molar-refractivity contribution in [1.29, 1.82) is 0 Å². The Balaban J connectivity index is 1.84. The minimum atomic E-state index is -0.246. The van der Waals surface area contributed by atoms with E-state index in [1.807, 2.05) is 54.0 Å². The molecule has 0 fully saturated rings. The van der Waals surface area contributed by atoms with Crippen LogP contribution in [0, 0.1) is 0 Å². The van der Waals surface area contributed by atoms with Gasteiger partial charge < -0.3 is 9.30 Å². The van der Waals surface area contributed by atoms with E-state index in [0.29, 0.717) is 30.8 Å². The Morgan fingerprint density at radius 3 is 2.68 bits per heavy atom. The number of hydrogen-bond acceptors (Lipinski definition) is 3. The lowest BCUT2D eigenvalue weighted by Gasteiger charge is -2.09. The summed E-state index contributed by atoms with van der Waals surface area (Å²) < 4.78 is 7.20. The minimum absolute atomic E-state index is 0.00516. The van der Waals surface area contributed by atoms with Gasteiger partial charge in [0.2, 0.25) is 5.78 Å². The van der Waals surface area contributed by atoms with Gasteiger partial charge in [0.1, 0.15) is 0 Å². The van der Waals surface area contributed by atoms with Gasteiger partial charge in [0.15, 0.2) is 0 Å². The van der Waals surface area contributed by atoms with Gasteiger partial charge in [-0.15, -0.1) is 0 Å². The van der Waals surface area contributed by atoms with Gasteiger partial charge in [-0.1, -0.05) is 37.3 Å². The molecule has 0 saturated heterocycles. The first-order valence-corrected chi connectivity index (χ1v) is 7.68. The number of esters is 1. The molecule has 2 heterocycles. The first-order chi connectivity index (χ1) is 10.7. The fourth-order valence-corrected chi connectivity index (χ4v) is 2.92. The molecule has 1 atom stereocenters. The molecule has 0 amide bonds. The molecule has 4 nitrogen and oxygen atoms in total. The van der Waals surface area contributed by atoms with E-state index in [1.54, 1.807) is 0 Å². The average Bonchev–Trinajstić information content (AvgIpc) is 3.14. The smallest absolute Gasteiger partial charge is 0.315 e. The Hall–Kier alpha value is -2.36. The van der Waals surface area contributed by atoms with Gasteiger partial charge in [-0.2, -0.15) is 0 Å². The van der Waals surface area contributed by atoms with Crippen molar-refractivity contribution in [2.45, 2.75) is 32.2 Å². The van der Waals surface area contributed by atoms with Gasteiger partial charge in [0.25, 0.3) is 0 Å². The third kappa shape index (κ3) is 2.56. The quantitative estimate of drug-likeness (QED) is 0.629. The second-order valence-corrected chi connectivity index (χ2v) is 5.50. The zero-order chi connectivity index (χ0) is 15.5. The topological polar surface area (TPSA) is 48.3 Å². The first-order valence-electron chi connectivity index (χ1n) is 7.68. The van der Waals surface area contributed by atoms with Gasteiger partial charge in [-0.3, -0.25) is 9.59 Å². The summed E-state index contributed by atoms with van der Waals surface area (Å²) in [6.07, 6.45) is 1.52. The number of fused-ring (bicyclic) bond motifs is 1. The first kappa shape index (κ1) is 14.6. The summed E-state index contributed by atoms with van der Waals surface area (Å²) in [5.74, 6) is -0.435. The summed E-state index contributed by atoms with van der Waals surface area (Å²) in [4.78, 5) is 24.7. The number of ketones is 1. The molecule has 0 aliphatic carbocycles. The lowest BCUT2D eigenvalue weighted by molar-refractivity contribution is -0.145. The fraction of sp³-hybridized carbons (Fsp3) is 0.333. The SMILES string of the molecule is CCCOC(=O)C1CCn2c(C(=O)c3ccccc3)ccc21. The van der Waals surface area contributed by atoms with Gasteiger partial charge in [0, 0.05) is 17.8 Å². The Morgan fingerprint density at radius 2 is 1.95 bits per heavy atom. The highest BCUT2D eigenvalue weighted by atomic mass is 16.5. The minimum Gasteiger partial charge on any atom is -0.465 e. The van der Waals surface area contributed by atoms with Crippen molar-refractivity contribution in [3.05, 3.63) is 59.4 Å². The molecular formula is C18H19NO3. The Morgan fingerprint density at radius 1 is 1.18 bits per heavy atom. The van der Waals surface area contributed by atoms with Gasteiger partial charge in [0.05, 0.1) is 18.2 Å². The van der Waals surface area contributed by atoms with Crippen LogP contribution in [-0.2, 0) is 16.1 Å². The van der Waals surface area contributed by atoms with Crippen LogP contribution in [0.3, 0.4) is 0 Å². The lowest BCUT2D eigenvalue weighted by Crippen LogP contribution is -2.14. The molecule has 0 bridgehead atoms. The predicted octanol–water partition coefficient (Wildman–Crippen LogP) is 3.16.